The number of rotatable bonds is 5. The topological polar surface area (TPSA) is 129 Å². The zero-order chi connectivity index (χ0) is 28.6. The van der Waals surface area contributed by atoms with Gasteiger partial charge >= 0.3 is 5.97 Å². The summed E-state index contributed by atoms with van der Waals surface area (Å²) in [5.74, 6) is 1.09. The summed E-state index contributed by atoms with van der Waals surface area (Å²) < 4.78 is 11.1. The Kier molecular flexibility index (Phi) is 7.46. The van der Waals surface area contributed by atoms with Crippen molar-refractivity contribution >= 4 is 5.97 Å². The number of aliphatic hydroxyl groups excluding tert-OH is 3. The third-order valence-corrected chi connectivity index (χ3v) is 12.4. The van der Waals surface area contributed by atoms with E-state index in [1.807, 2.05) is 13.8 Å². The van der Waals surface area contributed by atoms with Gasteiger partial charge in [-0.15, -0.1) is 0 Å². The lowest BCUT2D eigenvalue weighted by Crippen LogP contribution is -2.64. The Morgan fingerprint density at radius 1 is 1.00 bits per heavy atom. The number of hydroxylamine groups is 2. The van der Waals surface area contributed by atoms with Crippen LogP contribution in [0, 0.1) is 34.5 Å². The van der Waals surface area contributed by atoms with E-state index in [4.69, 9.17) is 14.3 Å². The maximum absolute atomic E-state index is 12.5. The molecule has 4 saturated carbocycles. The second kappa shape index (κ2) is 10.3. The van der Waals surface area contributed by atoms with Crippen LogP contribution in [-0.2, 0) is 19.1 Å². The molecule has 6 rings (SSSR count). The highest BCUT2D eigenvalue weighted by Crippen LogP contribution is 2.70. The summed E-state index contributed by atoms with van der Waals surface area (Å²) in [6.45, 7) is 8.92. The zero-order valence-electron chi connectivity index (χ0n) is 24.5. The van der Waals surface area contributed by atoms with Gasteiger partial charge in [-0.3, -0.25) is 4.84 Å². The Bertz CT molecular complexity index is 1020. The van der Waals surface area contributed by atoms with Crippen molar-refractivity contribution in [3.63, 3.8) is 0 Å². The van der Waals surface area contributed by atoms with Gasteiger partial charge in [-0.25, -0.2) is 4.79 Å². The highest BCUT2D eigenvalue weighted by Gasteiger charge is 2.68. The summed E-state index contributed by atoms with van der Waals surface area (Å²) in [5.41, 5.74) is 0.195. The van der Waals surface area contributed by atoms with Gasteiger partial charge in [0, 0.05) is 17.5 Å². The Morgan fingerprint density at radius 3 is 2.48 bits per heavy atom. The van der Waals surface area contributed by atoms with Gasteiger partial charge < -0.3 is 29.9 Å². The van der Waals surface area contributed by atoms with E-state index < -0.39 is 30.1 Å². The lowest BCUT2D eigenvalue weighted by Gasteiger charge is -2.64. The maximum Gasteiger partial charge on any atom is 0.331 e. The summed E-state index contributed by atoms with van der Waals surface area (Å²) in [5, 5.41) is 45.4. The van der Waals surface area contributed by atoms with Crippen molar-refractivity contribution in [2.75, 3.05) is 13.2 Å². The van der Waals surface area contributed by atoms with Crippen molar-refractivity contribution in [1.29, 1.82) is 0 Å². The Labute approximate surface area is 237 Å². The second-order valence-corrected chi connectivity index (χ2v) is 14.5. The molecular formula is C31H49NO8. The predicted octanol–water partition coefficient (Wildman–Crippen LogP) is 2.69. The minimum absolute atomic E-state index is 0.0266. The van der Waals surface area contributed by atoms with Crippen molar-refractivity contribution < 1.29 is 39.5 Å². The van der Waals surface area contributed by atoms with Gasteiger partial charge in [0.2, 0.25) is 0 Å². The number of esters is 1. The van der Waals surface area contributed by atoms with Crippen molar-refractivity contribution in [2.24, 2.45) is 34.5 Å². The summed E-state index contributed by atoms with van der Waals surface area (Å²) in [6.07, 6.45) is 5.59. The van der Waals surface area contributed by atoms with Crippen LogP contribution in [0.25, 0.3) is 0 Å². The quantitative estimate of drug-likeness (QED) is 0.295. The standard InChI is InChI=1S/C31H49NO8/c1-17(2)40-32(28-27(36)26(35)24(33)16-39-28)20-7-10-29(3)19(14-20)5-6-23-22(29)8-11-30(4)21(9-12-31(23,30)37)18-13-25(34)38-15-18/h13,17,19-24,26-28,33,35-37H,5-12,14-16H2,1-4H3/t19?,20-,21+,22-,23?,24-,26+,27-,28-,29-,30+,31-/m0/s1. The van der Waals surface area contributed by atoms with E-state index in [0.29, 0.717) is 18.4 Å². The average molecular weight is 564 g/mol. The minimum atomic E-state index is -1.28. The maximum atomic E-state index is 12.5. The molecule has 226 valence electrons. The highest BCUT2D eigenvalue weighted by atomic mass is 16.7. The zero-order valence-corrected chi connectivity index (χ0v) is 24.5. The molecule has 4 N–H and O–H groups in total. The molecular weight excluding hydrogens is 514 g/mol. The van der Waals surface area contributed by atoms with Gasteiger partial charge in [0.05, 0.1) is 18.3 Å². The van der Waals surface area contributed by atoms with Crippen LogP contribution in [0.1, 0.15) is 85.5 Å². The van der Waals surface area contributed by atoms with E-state index in [0.717, 1.165) is 63.4 Å². The van der Waals surface area contributed by atoms with Crippen molar-refractivity contribution in [3.8, 4) is 0 Å². The van der Waals surface area contributed by atoms with Gasteiger partial charge in [-0.2, -0.15) is 5.06 Å². The number of hydrogen-bond donors (Lipinski definition) is 4. The first-order chi connectivity index (χ1) is 18.9. The minimum Gasteiger partial charge on any atom is -0.458 e. The fraction of sp³-hybridized carbons (Fsp3) is 0.903. The third kappa shape index (κ3) is 4.33. The summed E-state index contributed by atoms with van der Waals surface area (Å²) in [7, 11) is 0. The summed E-state index contributed by atoms with van der Waals surface area (Å²) in [4.78, 5) is 18.1. The normalized spacial score (nSPS) is 50.8. The van der Waals surface area contributed by atoms with Crippen LogP contribution < -0.4 is 0 Å². The van der Waals surface area contributed by atoms with Gasteiger partial charge in [-0.1, -0.05) is 13.8 Å². The summed E-state index contributed by atoms with van der Waals surface area (Å²) >= 11 is 0. The van der Waals surface area contributed by atoms with Crippen LogP contribution >= 0.6 is 0 Å². The van der Waals surface area contributed by atoms with E-state index in [2.05, 4.69) is 13.8 Å². The van der Waals surface area contributed by atoms with E-state index in [1.165, 1.54) is 0 Å². The smallest absolute Gasteiger partial charge is 0.331 e. The van der Waals surface area contributed by atoms with Crippen molar-refractivity contribution in [2.45, 2.75) is 128 Å². The van der Waals surface area contributed by atoms with Gasteiger partial charge in [0.1, 0.15) is 24.9 Å². The number of carbonyl (C=O) groups excluding carboxylic acids is 1. The average Bonchev–Trinajstić information content (AvgIpc) is 3.45. The number of aliphatic hydroxyl groups is 4. The van der Waals surface area contributed by atoms with Crippen LogP contribution in [0.15, 0.2) is 11.6 Å². The highest BCUT2D eigenvalue weighted by molar-refractivity contribution is 5.85. The number of hydrogen-bond acceptors (Lipinski definition) is 9. The predicted molar refractivity (Wildman–Crippen MR) is 145 cm³/mol. The first-order valence-electron chi connectivity index (χ1n) is 15.6. The largest absolute Gasteiger partial charge is 0.458 e. The molecule has 0 aromatic rings. The number of cyclic esters (lactones) is 1. The van der Waals surface area contributed by atoms with Crippen molar-refractivity contribution in [3.05, 3.63) is 11.6 Å². The molecule has 5 fully saturated rings. The molecule has 4 aliphatic carbocycles. The number of ether oxygens (including phenoxy) is 2. The van der Waals surface area contributed by atoms with Gasteiger partial charge in [-0.05, 0) is 106 Å². The number of nitrogens with zero attached hydrogens (tertiary/aromatic N) is 1. The third-order valence-electron chi connectivity index (χ3n) is 12.4. The van der Waals surface area contributed by atoms with Gasteiger partial charge in [0.25, 0.3) is 0 Å². The van der Waals surface area contributed by atoms with E-state index in [9.17, 15) is 25.2 Å². The molecule has 12 atom stereocenters. The van der Waals surface area contributed by atoms with E-state index in [-0.39, 0.29) is 47.4 Å². The molecule has 0 aromatic heterocycles. The van der Waals surface area contributed by atoms with Crippen molar-refractivity contribution in [1.82, 2.24) is 5.06 Å². The van der Waals surface area contributed by atoms with Crippen LogP contribution in [0.3, 0.4) is 0 Å². The monoisotopic (exact) mass is 563 g/mol. The molecule has 40 heavy (non-hydrogen) atoms. The molecule has 2 unspecified atom stereocenters. The molecule has 2 aliphatic heterocycles. The lowest BCUT2D eigenvalue weighted by molar-refractivity contribution is -0.345. The molecule has 6 aliphatic rings. The molecule has 0 aromatic carbocycles. The van der Waals surface area contributed by atoms with E-state index in [1.54, 1.807) is 11.1 Å². The molecule has 0 spiro atoms. The first kappa shape index (κ1) is 29.0. The first-order valence-corrected chi connectivity index (χ1v) is 15.6. The molecule has 1 saturated heterocycles. The molecule has 9 nitrogen and oxygen atoms in total. The molecule has 9 heteroatoms. The fourth-order valence-electron chi connectivity index (χ4n) is 10.2. The SMILES string of the molecule is CC(C)ON([C@H]1CC[C@@]2(C)C(CCC3[C@@H]2CC[C@]2(C)[C@@H](C4=CC(=O)OC4)CC[C@]32O)C1)[C@H]1OC[C@H](O)[C@@H](O)[C@@H]1O. The van der Waals surface area contributed by atoms with Crippen LogP contribution in [0.4, 0.5) is 0 Å². The van der Waals surface area contributed by atoms with Crippen LogP contribution in [0.5, 0.6) is 0 Å². The Hall–Kier alpha value is -1.07. The molecule has 0 radical (unpaired) electrons. The lowest BCUT2D eigenvalue weighted by atomic mass is 9.43. The summed E-state index contributed by atoms with van der Waals surface area (Å²) in [6, 6.07) is 0.0266. The Morgan fingerprint density at radius 2 is 1.77 bits per heavy atom. The molecule has 0 bridgehead atoms. The Balaban J connectivity index is 1.21. The molecule has 2 heterocycles. The van der Waals surface area contributed by atoms with Crippen LogP contribution in [0.2, 0.25) is 0 Å². The number of carbonyl (C=O) groups is 1. The fourth-order valence-corrected chi connectivity index (χ4v) is 10.2. The van der Waals surface area contributed by atoms with Gasteiger partial charge in [0.15, 0.2) is 6.23 Å². The molecule has 0 amide bonds. The number of fused-ring (bicyclic) bond motifs is 5. The van der Waals surface area contributed by atoms with E-state index >= 15 is 0 Å². The second-order valence-electron chi connectivity index (χ2n) is 14.5. The van der Waals surface area contributed by atoms with Crippen LogP contribution in [-0.4, -0.2) is 87.0 Å².